The summed E-state index contributed by atoms with van der Waals surface area (Å²) in [5, 5.41) is 19.9. The van der Waals surface area contributed by atoms with Gasteiger partial charge in [0, 0.05) is 36.3 Å². The minimum Gasteiger partial charge on any atom is -0.355 e. The first-order valence-corrected chi connectivity index (χ1v) is 11.2. The van der Waals surface area contributed by atoms with E-state index in [1.165, 1.54) is 0 Å². The Hall–Kier alpha value is -5.12. The molecular weight excluding hydrogens is 456 g/mol. The summed E-state index contributed by atoms with van der Waals surface area (Å²) in [7, 11) is 3.17. The van der Waals surface area contributed by atoms with Crippen molar-refractivity contribution in [1.82, 2.24) is 41.0 Å². The van der Waals surface area contributed by atoms with E-state index in [-0.39, 0.29) is 11.8 Å². The van der Waals surface area contributed by atoms with Gasteiger partial charge in [-0.2, -0.15) is 10.2 Å². The van der Waals surface area contributed by atoms with Crippen LogP contribution in [0.3, 0.4) is 0 Å². The number of H-pyrrole nitrogens is 2. The number of benzene rings is 3. The van der Waals surface area contributed by atoms with Crippen LogP contribution in [-0.4, -0.2) is 56.3 Å². The normalized spacial score (nSPS) is 10.7. The Kier molecular flexibility index (Phi) is 6.06. The molecule has 0 unspecified atom stereocenters. The summed E-state index contributed by atoms with van der Waals surface area (Å²) in [5.41, 5.74) is 3.82. The molecule has 10 heteroatoms. The van der Waals surface area contributed by atoms with Gasteiger partial charge in [0.2, 0.25) is 0 Å². The molecule has 4 N–H and O–H groups in total. The fraction of sp³-hybridized carbons (Fsp3) is 0.0769. The minimum atomic E-state index is -0.205. The summed E-state index contributed by atoms with van der Waals surface area (Å²) in [6.07, 6.45) is 0. The summed E-state index contributed by atoms with van der Waals surface area (Å²) in [4.78, 5) is 33.7. The van der Waals surface area contributed by atoms with Crippen LogP contribution in [0.2, 0.25) is 0 Å². The van der Waals surface area contributed by atoms with Gasteiger partial charge in [0.05, 0.1) is 11.1 Å². The standard InChI is InChI=1S/C26H22N8O2/c1-27-25(35)19-12-5-3-10-17(19)23-29-21(31-33-23)15-8-7-9-16(14-15)22-30-24(34-32-22)18-11-4-6-13-20(18)26(36)28-2/h3-14H,1-2H3,(H,27,35)(H,28,36)(H,29,31,33)(H,30,32,34). The van der Waals surface area contributed by atoms with Crippen molar-refractivity contribution < 1.29 is 9.59 Å². The molecule has 0 aliphatic carbocycles. The first-order valence-electron chi connectivity index (χ1n) is 11.2. The average Bonchev–Trinajstić information content (AvgIpc) is 3.63. The molecule has 2 heterocycles. The Labute approximate surface area is 206 Å². The number of carbonyl (C=O) groups is 2. The molecule has 5 aromatic rings. The third-order valence-corrected chi connectivity index (χ3v) is 5.66. The zero-order valence-electron chi connectivity index (χ0n) is 19.5. The van der Waals surface area contributed by atoms with Crippen LogP contribution in [0.15, 0.2) is 72.8 Å². The van der Waals surface area contributed by atoms with Gasteiger partial charge >= 0.3 is 0 Å². The number of hydrogen-bond donors (Lipinski definition) is 4. The molecule has 0 fully saturated rings. The van der Waals surface area contributed by atoms with Crippen molar-refractivity contribution in [3.63, 3.8) is 0 Å². The second-order valence-corrected chi connectivity index (χ2v) is 7.85. The molecule has 0 saturated heterocycles. The fourth-order valence-corrected chi connectivity index (χ4v) is 3.86. The molecule has 0 saturated carbocycles. The lowest BCUT2D eigenvalue weighted by Gasteiger charge is -2.05. The third-order valence-electron chi connectivity index (χ3n) is 5.66. The van der Waals surface area contributed by atoms with Gasteiger partial charge in [0.25, 0.3) is 11.8 Å². The van der Waals surface area contributed by atoms with Gasteiger partial charge in [-0.3, -0.25) is 19.8 Å². The number of aromatic amines is 2. The molecule has 2 amide bonds. The summed E-state index contributed by atoms with van der Waals surface area (Å²) in [6.45, 7) is 0. The highest BCUT2D eigenvalue weighted by Crippen LogP contribution is 2.27. The summed E-state index contributed by atoms with van der Waals surface area (Å²) in [6, 6.07) is 21.9. The van der Waals surface area contributed by atoms with Gasteiger partial charge in [-0.25, -0.2) is 9.97 Å². The Balaban J connectivity index is 1.46. The quantitative estimate of drug-likeness (QED) is 0.295. The van der Waals surface area contributed by atoms with Crippen molar-refractivity contribution in [2.45, 2.75) is 0 Å². The number of aromatic nitrogens is 6. The first-order chi connectivity index (χ1) is 17.6. The van der Waals surface area contributed by atoms with Crippen LogP contribution in [0.5, 0.6) is 0 Å². The Morgan fingerprint density at radius 3 is 1.53 bits per heavy atom. The van der Waals surface area contributed by atoms with Crippen molar-refractivity contribution in [3.05, 3.63) is 83.9 Å². The molecule has 0 atom stereocenters. The van der Waals surface area contributed by atoms with E-state index in [0.29, 0.717) is 45.6 Å². The Morgan fingerprint density at radius 1 is 0.639 bits per heavy atom. The zero-order chi connectivity index (χ0) is 25.1. The molecule has 0 aliphatic rings. The summed E-state index contributed by atoms with van der Waals surface area (Å²) < 4.78 is 0. The third kappa shape index (κ3) is 4.23. The first kappa shape index (κ1) is 22.7. The van der Waals surface area contributed by atoms with E-state index in [0.717, 1.165) is 11.1 Å². The molecule has 0 aliphatic heterocycles. The smallest absolute Gasteiger partial charge is 0.251 e. The maximum Gasteiger partial charge on any atom is 0.251 e. The number of amides is 2. The molecule has 36 heavy (non-hydrogen) atoms. The highest BCUT2D eigenvalue weighted by atomic mass is 16.2. The number of nitrogens with one attached hydrogen (secondary N) is 4. The van der Waals surface area contributed by atoms with Crippen LogP contribution in [0, 0.1) is 0 Å². The van der Waals surface area contributed by atoms with Crippen LogP contribution in [0.25, 0.3) is 45.6 Å². The highest BCUT2D eigenvalue weighted by molar-refractivity contribution is 6.00. The van der Waals surface area contributed by atoms with E-state index in [2.05, 4.69) is 41.0 Å². The molecular formula is C26H22N8O2. The lowest BCUT2D eigenvalue weighted by molar-refractivity contribution is 0.0955. The fourth-order valence-electron chi connectivity index (χ4n) is 3.86. The van der Waals surface area contributed by atoms with E-state index < -0.39 is 0 Å². The van der Waals surface area contributed by atoms with E-state index in [1.807, 2.05) is 48.5 Å². The van der Waals surface area contributed by atoms with Crippen LogP contribution in [-0.2, 0) is 0 Å². The van der Waals surface area contributed by atoms with Gasteiger partial charge in [-0.05, 0) is 18.2 Å². The summed E-state index contributed by atoms with van der Waals surface area (Å²) in [5.74, 6) is 1.51. The maximum atomic E-state index is 12.3. The average molecular weight is 479 g/mol. The Bertz CT molecular complexity index is 1460. The van der Waals surface area contributed by atoms with Crippen LogP contribution >= 0.6 is 0 Å². The molecule has 0 spiro atoms. The second kappa shape index (κ2) is 9.63. The number of rotatable bonds is 6. The molecule has 2 aromatic heterocycles. The largest absolute Gasteiger partial charge is 0.355 e. The Morgan fingerprint density at radius 2 is 1.08 bits per heavy atom. The number of nitrogens with zero attached hydrogens (tertiary/aromatic N) is 4. The van der Waals surface area contributed by atoms with Crippen molar-refractivity contribution in [2.24, 2.45) is 0 Å². The number of hydrogen-bond acceptors (Lipinski definition) is 6. The second-order valence-electron chi connectivity index (χ2n) is 7.85. The van der Waals surface area contributed by atoms with E-state index in [9.17, 15) is 9.59 Å². The van der Waals surface area contributed by atoms with Crippen LogP contribution in [0.4, 0.5) is 0 Å². The molecule has 178 valence electrons. The van der Waals surface area contributed by atoms with Gasteiger partial charge in [-0.1, -0.05) is 54.6 Å². The van der Waals surface area contributed by atoms with E-state index >= 15 is 0 Å². The number of carbonyl (C=O) groups excluding carboxylic acids is 2. The topological polar surface area (TPSA) is 141 Å². The van der Waals surface area contributed by atoms with Crippen molar-refractivity contribution in [3.8, 4) is 45.6 Å². The minimum absolute atomic E-state index is 0.205. The molecule has 0 bridgehead atoms. The van der Waals surface area contributed by atoms with Crippen molar-refractivity contribution in [2.75, 3.05) is 14.1 Å². The van der Waals surface area contributed by atoms with E-state index in [4.69, 9.17) is 0 Å². The monoisotopic (exact) mass is 478 g/mol. The SMILES string of the molecule is CNC(=O)c1ccccc1-c1nc(-c2cccc(-c3n[nH]c(-c4ccccc4C(=O)NC)n3)c2)n[nH]1. The molecule has 10 nitrogen and oxygen atoms in total. The van der Waals surface area contributed by atoms with Gasteiger partial charge in [0.15, 0.2) is 23.3 Å². The van der Waals surface area contributed by atoms with Crippen LogP contribution < -0.4 is 10.6 Å². The highest BCUT2D eigenvalue weighted by Gasteiger charge is 2.17. The molecule has 0 radical (unpaired) electrons. The van der Waals surface area contributed by atoms with Gasteiger partial charge < -0.3 is 10.6 Å². The lowest BCUT2D eigenvalue weighted by atomic mass is 10.1. The van der Waals surface area contributed by atoms with Crippen LogP contribution in [0.1, 0.15) is 20.7 Å². The molecule has 3 aromatic carbocycles. The van der Waals surface area contributed by atoms with Gasteiger partial charge in [0.1, 0.15) is 0 Å². The van der Waals surface area contributed by atoms with E-state index in [1.54, 1.807) is 38.4 Å². The molecule has 5 rings (SSSR count). The zero-order valence-corrected chi connectivity index (χ0v) is 19.5. The predicted molar refractivity (Wildman–Crippen MR) is 135 cm³/mol. The predicted octanol–water partition coefficient (Wildman–Crippen LogP) is 3.31. The summed E-state index contributed by atoms with van der Waals surface area (Å²) >= 11 is 0. The maximum absolute atomic E-state index is 12.3. The lowest BCUT2D eigenvalue weighted by Crippen LogP contribution is -2.18. The van der Waals surface area contributed by atoms with Gasteiger partial charge in [-0.15, -0.1) is 0 Å². The van der Waals surface area contributed by atoms with Crippen molar-refractivity contribution >= 4 is 11.8 Å². The van der Waals surface area contributed by atoms with Crippen molar-refractivity contribution in [1.29, 1.82) is 0 Å².